The molecular weight excluding hydrogens is 189 g/mol. The Balaban J connectivity index is 3.18. The van der Waals surface area contributed by atoms with Crippen LogP contribution >= 0.6 is 0 Å². The van der Waals surface area contributed by atoms with Crippen molar-refractivity contribution in [3.05, 3.63) is 11.6 Å². The van der Waals surface area contributed by atoms with E-state index in [-0.39, 0.29) is 6.47 Å². The maximum atomic E-state index is 12.9. The maximum absolute atomic E-state index is 12.9. The smallest absolute Gasteiger partial charge is 0.298 e. The number of nitrogens with zero attached hydrogens (tertiary/aromatic N) is 2. The largest absolute Gasteiger partial charge is 0.422 e. The monoisotopic (exact) mass is 194 g/mol. The van der Waals surface area contributed by atoms with Crippen LogP contribution in [0.15, 0.2) is 0 Å². The van der Waals surface area contributed by atoms with Crippen molar-refractivity contribution in [3.8, 4) is 5.75 Å². The van der Waals surface area contributed by atoms with Crippen LogP contribution in [0.25, 0.3) is 0 Å². The molecule has 0 fully saturated rings. The summed E-state index contributed by atoms with van der Waals surface area (Å²) in [4.78, 5) is 9.84. The van der Waals surface area contributed by atoms with Gasteiger partial charge in [0.25, 0.3) is 18.8 Å². The van der Waals surface area contributed by atoms with Gasteiger partial charge >= 0.3 is 0 Å². The Kier molecular flexibility index (Phi) is 2.54. The molecule has 13 heavy (non-hydrogen) atoms. The molecule has 7 heteroatoms. The summed E-state index contributed by atoms with van der Waals surface area (Å²) in [5, 5.41) is 3.14. The van der Waals surface area contributed by atoms with Crippen molar-refractivity contribution in [2.75, 3.05) is 0 Å². The van der Waals surface area contributed by atoms with Crippen molar-refractivity contribution >= 4 is 6.47 Å². The summed E-state index contributed by atoms with van der Waals surface area (Å²) in [7, 11) is 1.12. The minimum absolute atomic E-state index is 0.133. The summed E-state index contributed by atoms with van der Waals surface area (Å²) in [6.07, 6.45) is -2.98. The second-order valence-corrected chi connectivity index (χ2v) is 2.14. The first-order valence-corrected chi connectivity index (χ1v) is 3.18. The highest BCUT2D eigenvalue weighted by atomic mass is 19.3. The lowest BCUT2D eigenvalue weighted by Gasteiger charge is -1.96. The minimum atomic E-state index is -2.98. The van der Waals surface area contributed by atoms with Gasteiger partial charge in [0, 0.05) is 7.05 Å². The fraction of sp³-hybridized carbons (Fsp3) is 0.333. The number of ether oxygens (including phenoxy) is 1. The molecule has 0 spiro atoms. The van der Waals surface area contributed by atoms with E-state index in [0.717, 1.165) is 7.05 Å². The summed E-state index contributed by atoms with van der Waals surface area (Å²) in [5.41, 5.74) is -0.882. The second kappa shape index (κ2) is 3.46. The van der Waals surface area contributed by atoms with Crippen molar-refractivity contribution in [1.29, 1.82) is 0 Å². The van der Waals surface area contributed by atoms with E-state index in [0.29, 0.717) is 4.68 Å². The summed E-state index contributed by atoms with van der Waals surface area (Å²) in [6.45, 7) is -0.133. The van der Waals surface area contributed by atoms with Gasteiger partial charge in [0.1, 0.15) is 0 Å². The average molecular weight is 194 g/mol. The van der Waals surface area contributed by atoms with Crippen LogP contribution in [0.4, 0.5) is 13.2 Å². The van der Waals surface area contributed by atoms with Gasteiger partial charge in [0.05, 0.1) is 0 Å². The van der Waals surface area contributed by atoms with E-state index in [1.54, 1.807) is 0 Å². The molecule has 72 valence electrons. The lowest BCUT2D eigenvalue weighted by molar-refractivity contribution is -0.121. The standard InChI is InChI=1S/C6H5F3N2O2/c1-11-6(9)4(13-2-12)3(10-11)5(7)8/h2,5H,1H3. The predicted octanol–water partition coefficient (Wildman–Crippen LogP) is 1.03. The van der Waals surface area contributed by atoms with Gasteiger partial charge < -0.3 is 4.74 Å². The molecule has 0 unspecified atom stereocenters. The molecule has 0 saturated heterocycles. The zero-order chi connectivity index (χ0) is 10.0. The van der Waals surface area contributed by atoms with Crippen LogP contribution in [0.1, 0.15) is 12.1 Å². The Morgan fingerprint density at radius 3 is 2.69 bits per heavy atom. The Hall–Kier alpha value is -1.53. The molecule has 0 aliphatic rings. The number of aromatic nitrogens is 2. The van der Waals surface area contributed by atoms with Crippen molar-refractivity contribution in [2.24, 2.45) is 7.05 Å². The first-order valence-electron chi connectivity index (χ1n) is 3.18. The molecular formula is C6H5F3N2O2. The molecule has 4 nitrogen and oxygen atoms in total. The SMILES string of the molecule is Cn1nc(C(F)F)c(OC=O)c1F. The average Bonchev–Trinajstić information content (AvgIpc) is 2.33. The van der Waals surface area contributed by atoms with E-state index in [1.165, 1.54) is 0 Å². The lowest BCUT2D eigenvalue weighted by Crippen LogP contribution is -1.95. The molecule has 0 aliphatic heterocycles. The van der Waals surface area contributed by atoms with Crippen LogP contribution in [0.5, 0.6) is 5.75 Å². The van der Waals surface area contributed by atoms with Crippen molar-refractivity contribution in [2.45, 2.75) is 6.43 Å². The fourth-order valence-electron chi connectivity index (χ4n) is 0.803. The van der Waals surface area contributed by atoms with Crippen LogP contribution < -0.4 is 4.74 Å². The number of rotatable bonds is 3. The van der Waals surface area contributed by atoms with E-state index in [2.05, 4.69) is 9.84 Å². The van der Waals surface area contributed by atoms with Gasteiger partial charge in [-0.3, -0.25) is 4.79 Å². The summed E-state index contributed by atoms with van der Waals surface area (Å²) in [5.74, 6) is -1.94. The Labute approximate surface area is 70.9 Å². The van der Waals surface area contributed by atoms with E-state index < -0.39 is 23.8 Å². The lowest BCUT2D eigenvalue weighted by atomic mass is 10.4. The van der Waals surface area contributed by atoms with E-state index >= 15 is 0 Å². The van der Waals surface area contributed by atoms with Gasteiger partial charge in [-0.1, -0.05) is 0 Å². The van der Waals surface area contributed by atoms with E-state index in [4.69, 9.17) is 0 Å². The molecule has 1 rings (SSSR count). The third kappa shape index (κ3) is 1.63. The molecule has 0 aliphatic carbocycles. The number of halogens is 3. The molecule has 0 bridgehead atoms. The molecule has 0 radical (unpaired) electrons. The van der Waals surface area contributed by atoms with Gasteiger partial charge in [-0.25, -0.2) is 13.5 Å². The van der Waals surface area contributed by atoms with Crippen LogP contribution in [0, 0.1) is 5.95 Å². The Morgan fingerprint density at radius 1 is 1.62 bits per heavy atom. The summed E-state index contributed by atoms with van der Waals surface area (Å²) < 4.78 is 41.7. The highest BCUT2D eigenvalue weighted by molar-refractivity contribution is 5.46. The van der Waals surface area contributed by atoms with Crippen molar-refractivity contribution < 1.29 is 22.7 Å². The molecule has 0 amide bonds. The molecule has 0 atom stereocenters. The third-order valence-corrected chi connectivity index (χ3v) is 1.33. The summed E-state index contributed by atoms with van der Waals surface area (Å²) in [6, 6.07) is 0. The number of hydrogen-bond acceptors (Lipinski definition) is 3. The van der Waals surface area contributed by atoms with Gasteiger partial charge in [0.2, 0.25) is 5.75 Å². The van der Waals surface area contributed by atoms with Crippen LogP contribution in [-0.2, 0) is 11.8 Å². The molecule has 1 aromatic rings. The van der Waals surface area contributed by atoms with E-state index in [1.807, 2.05) is 0 Å². The highest BCUT2D eigenvalue weighted by Crippen LogP contribution is 2.29. The number of aryl methyl sites for hydroxylation is 1. The van der Waals surface area contributed by atoms with Crippen LogP contribution in [0.3, 0.4) is 0 Å². The van der Waals surface area contributed by atoms with E-state index in [9.17, 15) is 18.0 Å². The zero-order valence-corrected chi connectivity index (χ0v) is 6.50. The van der Waals surface area contributed by atoms with Crippen LogP contribution in [0.2, 0.25) is 0 Å². The highest BCUT2D eigenvalue weighted by Gasteiger charge is 2.24. The molecule has 1 aromatic heterocycles. The predicted molar refractivity (Wildman–Crippen MR) is 34.8 cm³/mol. The minimum Gasteiger partial charge on any atom is -0.422 e. The van der Waals surface area contributed by atoms with Crippen LogP contribution in [-0.4, -0.2) is 16.3 Å². The number of carbonyl (C=O) groups excluding carboxylic acids is 1. The Morgan fingerprint density at radius 2 is 2.23 bits per heavy atom. The van der Waals surface area contributed by atoms with Crippen molar-refractivity contribution in [1.82, 2.24) is 9.78 Å². The molecule has 1 heterocycles. The molecule has 0 N–H and O–H groups in total. The molecule has 0 aromatic carbocycles. The first-order chi connectivity index (χ1) is 6.07. The molecule has 0 saturated carbocycles. The topological polar surface area (TPSA) is 44.1 Å². The maximum Gasteiger partial charge on any atom is 0.298 e. The third-order valence-electron chi connectivity index (χ3n) is 1.33. The number of carbonyl (C=O) groups is 1. The van der Waals surface area contributed by atoms with Crippen molar-refractivity contribution in [3.63, 3.8) is 0 Å². The van der Waals surface area contributed by atoms with Gasteiger partial charge in [0.15, 0.2) is 5.69 Å². The normalized spacial score (nSPS) is 10.5. The quantitative estimate of drug-likeness (QED) is 0.675. The number of hydrogen-bond donors (Lipinski definition) is 0. The Bertz CT molecular complexity index is 324. The number of alkyl halides is 2. The zero-order valence-electron chi connectivity index (χ0n) is 6.50. The van der Waals surface area contributed by atoms with Gasteiger partial charge in [-0.05, 0) is 0 Å². The van der Waals surface area contributed by atoms with Gasteiger partial charge in [-0.2, -0.15) is 9.49 Å². The fourth-order valence-corrected chi connectivity index (χ4v) is 0.803. The van der Waals surface area contributed by atoms with Gasteiger partial charge in [-0.15, -0.1) is 0 Å². The summed E-state index contributed by atoms with van der Waals surface area (Å²) >= 11 is 0. The second-order valence-electron chi connectivity index (χ2n) is 2.14. The first kappa shape index (κ1) is 9.56.